The molecule has 1 heterocycles. The van der Waals surface area contributed by atoms with Gasteiger partial charge in [0.25, 0.3) is 11.8 Å². The van der Waals surface area contributed by atoms with Gasteiger partial charge in [-0.2, -0.15) is 26.3 Å². The number of para-hydroxylation sites is 1. The highest BCUT2D eigenvalue weighted by Gasteiger charge is 2.37. The normalized spacial score (nSPS) is 14.2. The molecule has 1 fully saturated rings. The lowest BCUT2D eigenvalue weighted by molar-refractivity contribution is -0.143. The molecule has 0 aromatic heterocycles. The number of rotatable bonds is 6. The Balaban J connectivity index is 1.71. The van der Waals surface area contributed by atoms with E-state index < -0.39 is 35.1 Å². The number of hydrogen-bond acceptors (Lipinski definition) is 3. The second kappa shape index (κ2) is 11.4. The Morgan fingerprint density at radius 1 is 0.769 bits per heavy atom. The molecule has 0 unspecified atom stereocenters. The quantitative estimate of drug-likeness (QED) is 0.331. The number of piperidine rings is 1. The van der Waals surface area contributed by atoms with E-state index in [4.69, 9.17) is 4.74 Å². The van der Waals surface area contributed by atoms with Crippen LogP contribution in [-0.4, -0.2) is 29.8 Å². The minimum Gasteiger partial charge on any atom is -0.487 e. The Morgan fingerprint density at radius 3 is 1.95 bits per heavy atom. The maximum absolute atomic E-state index is 13.3. The first kappa shape index (κ1) is 28.0. The molecular formula is C28H24F6N2O3. The first-order valence-corrected chi connectivity index (χ1v) is 12.1. The van der Waals surface area contributed by atoms with Crippen LogP contribution in [0.2, 0.25) is 0 Å². The first-order valence-electron chi connectivity index (χ1n) is 12.1. The lowest BCUT2D eigenvalue weighted by atomic mass is 10.0. The second-order valence-corrected chi connectivity index (χ2v) is 9.06. The number of nitrogens with one attached hydrogen (secondary N) is 1. The fraction of sp³-hybridized carbons (Fsp3) is 0.286. The number of nitrogens with zero attached hydrogens (tertiary/aromatic N) is 1. The van der Waals surface area contributed by atoms with Crippen molar-refractivity contribution < 1.29 is 40.7 Å². The fourth-order valence-corrected chi connectivity index (χ4v) is 4.26. The maximum Gasteiger partial charge on any atom is 0.416 e. The number of carbonyl (C=O) groups is 2. The Bertz CT molecular complexity index is 1300. The van der Waals surface area contributed by atoms with Gasteiger partial charge in [-0.05, 0) is 55.2 Å². The van der Waals surface area contributed by atoms with Gasteiger partial charge >= 0.3 is 12.4 Å². The van der Waals surface area contributed by atoms with Gasteiger partial charge in [0, 0.05) is 18.8 Å². The van der Waals surface area contributed by atoms with Gasteiger partial charge in [0.15, 0.2) is 0 Å². The van der Waals surface area contributed by atoms with Gasteiger partial charge in [-0.25, -0.2) is 0 Å². The van der Waals surface area contributed by atoms with E-state index in [1.807, 2.05) is 0 Å². The van der Waals surface area contributed by atoms with E-state index in [2.05, 4.69) is 5.32 Å². The van der Waals surface area contributed by atoms with Crippen molar-refractivity contribution in [3.05, 3.63) is 94.5 Å². The largest absolute Gasteiger partial charge is 0.487 e. The Hall–Kier alpha value is -4.02. The molecule has 3 aromatic rings. The molecule has 39 heavy (non-hydrogen) atoms. The van der Waals surface area contributed by atoms with Crippen LogP contribution < -0.4 is 10.1 Å². The van der Waals surface area contributed by atoms with E-state index in [0.717, 1.165) is 24.8 Å². The average molecular weight is 550 g/mol. The molecule has 0 spiro atoms. The summed E-state index contributed by atoms with van der Waals surface area (Å²) < 4.78 is 85.7. The molecule has 1 N–H and O–H groups in total. The number of carbonyl (C=O) groups excluding carboxylic acids is 2. The van der Waals surface area contributed by atoms with Gasteiger partial charge in [0.1, 0.15) is 12.4 Å². The van der Waals surface area contributed by atoms with Crippen LogP contribution in [0.25, 0.3) is 0 Å². The molecule has 0 radical (unpaired) electrons. The molecule has 206 valence electrons. The van der Waals surface area contributed by atoms with Crippen molar-refractivity contribution in [2.24, 2.45) is 0 Å². The van der Waals surface area contributed by atoms with Crippen molar-refractivity contribution in [3.63, 3.8) is 0 Å². The number of anilines is 1. The van der Waals surface area contributed by atoms with Gasteiger partial charge < -0.3 is 15.0 Å². The minimum absolute atomic E-state index is 0.0258. The third kappa shape index (κ3) is 6.90. The van der Waals surface area contributed by atoms with Crippen molar-refractivity contribution in [2.45, 2.75) is 38.2 Å². The van der Waals surface area contributed by atoms with E-state index >= 15 is 0 Å². The molecule has 1 aliphatic heterocycles. The predicted molar refractivity (Wildman–Crippen MR) is 131 cm³/mol. The second-order valence-electron chi connectivity index (χ2n) is 9.06. The molecule has 1 saturated heterocycles. The van der Waals surface area contributed by atoms with Crippen LogP contribution in [0.1, 0.15) is 56.7 Å². The fourth-order valence-electron chi connectivity index (χ4n) is 4.26. The topological polar surface area (TPSA) is 58.6 Å². The molecule has 4 rings (SSSR count). The summed E-state index contributed by atoms with van der Waals surface area (Å²) in [5, 5.41) is 2.12. The Labute approximate surface area is 220 Å². The molecular weight excluding hydrogens is 526 g/mol. The van der Waals surface area contributed by atoms with Crippen LogP contribution >= 0.6 is 0 Å². The summed E-state index contributed by atoms with van der Waals surface area (Å²) in [6.07, 6.45) is -7.57. The third-order valence-electron chi connectivity index (χ3n) is 6.20. The third-order valence-corrected chi connectivity index (χ3v) is 6.20. The summed E-state index contributed by atoms with van der Waals surface area (Å²) in [6, 6.07) is 13.8. The summed E-state index contributed by atoms with van der Waals surface area (Å²) in [5.41, 5.74) is -3.26. The summed E-state index contributed by atoms with van der Waals surface area (Å²) in [6.45, 7) is 0.989. The number of hydrogen-bond donors (Lipinski definition) is 1. The number of alkyl halides is 6. The van der Waals surface area contributed by atoms with Gasteiger partial charge in [0.05, 0.1) is 22.3 Å². The van der Waals surface area contributed by atoms with Gasteiger partial charge in [0.2, 0.25) is 0 Å². The number of ether oxygens (including phenoxy) is 1. The zero-order valence-corrected chi connectivity index (χ0v) is 20.5. The molecule has 11 heteroatoms. The van der Waals surface area contributed by atoms with E-state index in [1.165, 1.54) is 18.2 Å². The lowest BCUT2D eigenvalue weighted by Gasteiger charge is -2.27. The van der Waals surface area contributed by atoms with Crippen molar-refractivity contribution in [1.82, 2.24) is 4.90 Å². The van der Waals surface area contributed by atoms with Crippen molar-refractivity contribution in [1.29, 1.82) is 0 Å². The molecule has 1 aliphatic rings. The highest BCUT2D eigenvalue weighted by molar-refractivity contribution is 6.09. The molecule has 0 saturated carbocycles. The van der Waals surface area contributed by atoms with Crippen LogP contribution in [0.4, 0.5) is 32.0 Å². The molecule has 2 amide bonds. The average Bonchev–Trinajstić information content (AvgIpc) is 2.91. The number of halogens is 6. The summed E-state index contributed by atoms with van der Waals surface area (Å²) >= 11 is 0. The van der Waals surface area contributed by atoms with E-state index in [0.29, 0.717) is 25.2 Å². The van der Waals surface area contributed by atoms with Gasteiger partial charge in [-0.3, -0.25) is 9.59 Å². The zero-order chi connectivity index (χ0) is 28.2. The zero-order valence-electron chi connectivity index (χ0n) is 20.5. The lowest BCUT2D eigenvalue weighted by Crippen LogP contribution is -2.36. The SMILES string of the molecule is O=C(Nc1cc(C(F)(F)F)cc(C(F)(F)F)c1)c1cccc(C(=O)N2CCCCC2)c1OCc1ccccc1. The van der Waals surface area contributed by atoms with Crippen LogP contribution in [0, 0.1) is 0 Å². The van der Waals surface area contributed by atoms with Crippen LogP contribution in [0.5, 0.6) is 5.75 Å². The molecule has 3 aromatic carbocycles. The van der Waals surface area contributed by atoms with Crippen LogP contribution in [-0.2, 0) is 19.0 Å². The van der Waals surface area contributed by atoms with Crippen molar-refractivity contribution >= 4 is 17.5 Å². The minimum atomic E-state index is -5.08. The number of likely N-dealkylation sites (tertiary alicyclic amines) is 1. The predicted octanol–water partition coefficient (Wildman–Crippen LogP) is 7.18. The highest BCUT2D eigenvalue weighted by atomic mass is 19.4. The van der Waals surface area contributed by atoms with Crippen molar-refractivity contribution in [3.8, 4) is 5.75 Å². The smallest absolute Gasteiger partial charge is 0.416 e. The van der Waals surface area contributed by atoms with Gasteiger partial charge in [-0.1, -0.05) is 36.4 Å². The van der Waals surface area contributed by atoms with E-state index in [1.54, 1.807) is 35.2 Å². The van der Waals surface area contributed by atoms with E-state index in [-0.39, 0.29) is 35.5 Å². The summed E-state index contributed by atoms with van der Waals surface area (Å²) in [5.74, 6) is -1.53. The standard InChI is InChI=1S/C28H24F6N2O3/c29-27(30,31)19-14-20(28(32,33)34)16-21(15-19)35-25(37)22-10-7-11-23(26(38)36-12-5-2-6-13-36)24(22)39-17-18-8-3-1-4-9-18/h1,3-4,7-11,14-16H,2,5-6,12-13,17H2,(H,35,37). The summed E-state index contributed by atoms with van der Waals surface area (Å²) in [7, 11) is 0. The Morgan fingerprint density at radius 2 is 1.36 bits per heavy atom. The summed E-state index contributed by atoms with van der Waals surface area (Å²) in [4.78, 5) is 28.2. The maximum atomic E-state index is 13.3. The molecule has 0 bridgehead atoms. The Kier molecular flexibility index (Phi) is 8.17. The van der Waals surface area contributed by atoms with Crippen molar-refractivity contribution in [2.75, 3.05) is 18.4 Å². The highest BCUT2D eigenvalue weighted by Crippen LogP contribution is 2.38. The monoisotopic (exact) mass is 550 g/mol. The van der Waals surface area contributed by atoms with Crippen LogP contribution in [0.3, 0.4) is 0 Å². The van der Waals surface area contributed by atoms with E-state index in [9.17, 15) is 35.9 Å². The molecule has 0 aliphatic carbocycles. The van der Waals surface area contributed by atoms with Gasteiger partial charge in [-0.15, -0.1) is 0 Å². The van der Waals surface area contributed by atoms with Crippen LogP contribution in [0.15, 0.2) is 66.7 Å². The number of amides is 2. The number of benzene rings is 3. The first-order chi connectivity index (χ1) is 18.4. The molecule has 0 atom stereocenters. The molecule has 5 nitrogen and oxygen atoms in total.